The van der Waals surface area contributed by atoms with E-state index in [1.807, 2.05) is 0 Å². The third-order valence-electron chi connectivity index (χ3n) is 7.24. The maximum atomic E-state index is 11.0. The van der Waals surface area contributed by atoms with Gasteiger partial charge in [0.2, 0.25) is 0 Å². The maximum absolute atomic E-state index is 11.0. The molecule has 0 aliphatic rings. The zero-order valence-electron chi connectivity index (χ0n) is 26.4. The number of phenolic OH excluding ortho intramolecular Hbond substituents is 2. The van der Waals surface area contributed by atoms with Crippen LogP contribution in [0.3, 0.4) is 0 Å². The predicted molar refractivity (Wildman–Crippen MR) is 166 cm³/mol. The van der Waals surface area contributed by atoms with Crippen LogP contribution in [0.1, 0.15) is 103 Å². The van der Waals surface area contributed by atoms with Crippen molar-refractivity contribution < 1.29 is 10.2 Å². The summed E-state index contributed by atoms with van der Waals surface area (Å²) in [5, 5.41) is 35.8. The number of aromatic hydroxyl groups is 2. The lowest BCUT2D eigenvalue weighted by Gasteiger charge is -2.27. The molecule has 0 saturated carbocycles. The molecule has 39 heavy (non-hydrogen) atoms. The Morgan fingerprint density at radius 2 is 0.795 bits per heavy atom. The summed E-state index contributed by atoms with van der Waals surface area (Å²) in [5.74, 6) is 0.768. The first-order chi connectivity index (χ1) is 18.1. The van der Waals surface area contributed by atoms with Crippen LogP contribution < -0.4 is 21.3 Å². The fraction of sp³-hybridized carbons (Fsp3) is 0.636. The summed E-state index contributed by atoms with van der Waals surface area (Å²) in [7, 11) is 0. The molecule has 2 aromatic rings. The Morgan fingerprint density at radius 1 is 0.513 bits per heavy atom. The molecular formula is C33H56N4O2. The highest BCUT2D eigenvalue weighted by Crippen LogP contribution is 2.33. The Balaban J connectivity index is 2.06. The number of rotatable bonds is 14. The van der Waals surface area contributed by atoms with Gasteiger partial charge >= 0.3 is 0 Å². The summed E-state index contributed by atoms with van der Waals surface area (Å²) in [4.78, 5) is 0. The lowest BCUT2D eigenvalue weighted by atomic mass is 9.84. The van der Waals surface area contributed by atoms with Gasteiger partial charge in [-0.1, -0.05) is 93.5 Å². The molecule has 0 fully saturated rings. The molecule has 0 bridgehead atoms. The average molecular weight is 541 g/mol. The van der Waals surface area contributed by atoms with Crippen LogP contribution in [-0.2, 0) is 37.0 Å². The number of phenols is 2. The van der Waals surface area contributed by atoms with Crippen molar-refractivity contribution in [2.24, 2.45) is 5.41 Å². The molecule has 0 aliphatic heterocycles. The smallest absolute Gasteiger partial charge is 0.124 e. The molecule has 220 valence electrons. The van der Waals surface area contributed by atoms with Crippen molar-refractivity contribution in [2.45, 2.75) is 106 Å². The molecule has 2 rings (SSSR count). The van der Waals surface area contributed by atoms with E-state index in [1.165, 1.54) is 11.1 Å². The number of hydrogen-bond acceptors (Lipinski definition) is 6. The molecule has 6 nitrogen and oxygen atoms in total. The normalized spacial score (nSPS) is 12.8. The van der Waals surface area contributed by atoms with E-state index in [9.17, 15) is 10.2 Å². The Kier molecular flexibility index (Phi) is 11.9. The summed E-state index contributed by atoms with van der Waals surface area (Å²) >= 11 is 0. The van der Waals surface area contributed by atoms with Crippen LogP contribution in [0, 0.1) is 5.41 Å². The van der Waals surface area contributed by atoms with Crippen molar-refractivity contribution in [2.75, 3.05) is 26.2 Å². The van der Waals surface area contributed by atoms with Gasteiger partial charge in [0.05, 0.1) is 0 Å². The first-order valence-corrected chi connectivity index (χ1v) is 14.6. The Labute approximate surface area is 238 Å². The van der Waals surface area contributed by atoms with E-state index in [0.717, 1.165) is 48.4 Å². The summed E-state index contributed by atoms with van der Waals surface area (Å²) in [6.07, 6.45) is 0. The highest BCUT2D eigenvalue weighted by Gasteiger charge is 2.22. The van der Waals surface area contributed by atoms with Crippen molar-refractivity contribution >= 4 is 0 Å². The Bertz CT molecular complexity index is 981. The molecule has 0 aliphatic carbocycles. The van der Waals surface area contributed by atoms with Gasteiger partial charge in [-0.05, 0) is 40.5 Å². The van der Waals surface area contributed by atoms with Crippen molar-refractivity contribution in [3.63, 3.8) is 0 Å². The molecule has 0 heterocycles. The average Bonchev–Trinajstić information content (AvgIpc) is 2.83. The van der Waals surface area contributed by atoms with Crippen LogP contribution in [0.4, 0.5) is 0 Å². The minimum atomic E-state index is -0.0201. The van der Waals surface area contributed by atoms with Crippen LogP contribution in [0.15, 0.2) is 24.3 Å². The van der Waals surface area contributed by atoms with Crippen molar-refractivity contribution in [3.05, 3.63) is 57.6 Å². The minimum absolute atomic E-state index is 0.00885. The van der Waals surface area contributed by atoms with Crippen LogP contribution in [-0.4, -0.2) is 36.4 Å². The second-order valence-corrected chi connectivity index (χ2v) is 13.7. The van der Waals surface area contributed by atoms with Crippen LogP contribution in [0.2, 0.25) is 0 Å². The Morgan fingerprint density at radius 3 is 1.05 bits per heavy atom. The molecule has 0 radical (unpaired) electrons. The van der Waals surface area contributed by atoms with Gasteiger partial charge in [0.25, 0.3) is 0 Å². The van der Waals surface area contributed by atoms with E-state index < -0.39 is 0 Å². The van der Waals surface area contributed by atoms with Gasteiger partial charge in [0.1, 0.15) is 11.5 Å². The number of nitrogens with one attached hydrogen (secondary N) is 4. The van der Waals surface area contributed by atoms with E-state index in [0.29, 0.717) is 37.7 Å². The van der Waals surface area contributed by atoms with Crippen molar-refractivity contribution in [1.29, 1.82) is 0 Å². The van der Waals surface area contributed by atoms with Crippen molar-refractivity contribution in [1.82, 2.24) is 21.3 Å². The van der Waals surface area contributed by atoms with E-state index in [2.05, 4.69) is 115 Å². The quantitative estimate of drug-likeness (QED) is 0.181. The zero-order chi connectivity index (χ0) is 29.4. The molecule has 0 atom stereocenters. The third-order valence-corrected chi connectivity index (χ3v) is 7.24. The van der Waals surface area contributed by atoms with Gasteiger partial charge in [-0.2, -0.15) is 0 Å². The first-order valence-electron chi connectivity index (χ1n) is 14.6. The van der Waals surface area contributed by atoms with Crippen LogP contribution in [0.5, 0.6) is 11.5 Å². The first kappa shape index (κ1) is 33.1. The third kappa shape index (κ3) is 10.1. The fourth-order valence-corrected chi connectivity index (χ4v) is 4.58. The lowest BCUT2D eigenvalue weighted by molar-refractivity contribution is 0.316. The highest BCUT2D eigenvalue weighted by atomic mass is 16.3. The maximum Gasteiger partial charge on any atom is 0.124 e. The highest BCUT2D eigenvalue weighted by molar-refractivity contribution is 5.46. The van der Waals surface area contributed by atoms with Crippen molar-refractivity contribution in [3.8, 4) is 11.5 Å². The molecule has 0 unspecified atom stereocenters. The second-order valence-electron chi connectivity index (χ2n) is 13.7. The van der Waals surface area contributed by atoms with Gasteiger partial charge < -0.3 is 31.5 Å². The van der Waals surface area contributed by atoms with E-state index in [1.54, 1.807) is 0 Å². The molecule has 2 aromatic carbocycles. The largest absolute Gasteiger partial charge is 0.507 e. The standard InChI is InChI=1S/C33H56N4O2/c1-11-34-17-23-13-27(31(3,4)5)15-25(29(23)38)19-36-21-33(9,10)22-37-20-26-16-28(32(6,7)8)14-24(30(26)39)18-35-12-2/h13-16,34-39H,11-12,17-22H2,1-10H3. The summed E-state index contributed by atoms with van der Waals surface area (Å²) in [6, 6.07) is 8.53. The van der Waals surface area contributed by atoms with Gasteiger partial charge in [-0.15, -0.1) is 0 Å². The van der Waals surface area contributed by atoms with Gasteiger partial charge in [0, 0.05) is 61.5 Å². The molecule has 0 saturated heterocycles. The van der Waals surface area contributed by atoms with E-state index >= 15 is 0 Å². The Hall–Kier alpha value is -2.12. The summed E-state index contributed by atoms with van der Waals surface area (Å²) in [5.41, 5.74) is 6.25. The zero-order valence-corrected chi connectivity index (χ0v) is 26.4. The second kappa shape index (κ2) is 14.0. The van der Waals surface area contributed by atoms with E-state index in [4.69, 9.17) is 0 Å². The molecule has 0 amide bonds. The lowest BCUT2D eigenvalue weighted by Crippen LogP contribution is -2.37. The van der Waals surface area contributed by atoms with Gasteiger partial charge in [-0.25, -0.2) is 0 Å². The van der Waals surface area contributed by atoms with Crippen LogP contribution >= 0.6 is 0 Å². The summed E-state index contributed by atoms with van der Waals surface area (Å²) < 4.78 is 0. The molecule has 0 spiro atoms. The van der Waals surface area contributed by atoms with Gasteiger partial charge in [0.15, 0.2) is 0 Å². The van der Waals surface area contributed by atoms with Gasteiger partial charge in [-0.3, -0.25) is 0 Å². The molecule has 0 aromatic heterocycles. The van der Waals surface area contributed by atoms with E-state index in [-0.39, 0.29) is 16.2 Å². The SMILES string of the molecule is CCNCc1cc(C(C)(C)C)cc(CNCC(C)(C)CNCc2cc(C(C)(C)C)cc(CNCC)c2O)c1O. The minimum Gasteiger partial charge on any atom is -0.507 e. The summed E-state index contributed by atoms with van der Waals surface area (Å²) in [6.45, 7) is 27.7. The van der Waals surface area contributed by atoms with Crippen LogP contribution in [0.25, 0.3) is 0 Å². The molecule has 6 heteroatoms. The topological polar surface area (TPSA) is 88.6 Å². The predicted octanol–water partition coefficient (Wildman–Crippen LogP) is 5.82. The number of benzene rings is 2. The monoisotopic (exact) mass is 540 g/mol. The number of hydrogen-bond donors (Lipinski definition) is 6. The fourth-order valence-electron chi connectivity index (χ4n) is 4.58. The molecular weight excluding hydrogens is 484 g/mol. The molecule has 6 N–H and O–H groups in total.